The Hall–Kier alpha value is -0.450. The molecule has 0 atom stereocenters. The molecule has 2 rings (SSSR count). The number of rotatable bonds is 6. The average Bonchev–Trinajstić information content (AvgIpc) is 2.98. The quantitative estimate of drug-likeness (QED) is 0.811. The predicted octanol–water partition coefficient (Wildman–Crippen LogP) is 3.34. The molecule has 0 aliphatic heterocycles. The van der Waals surface area contributed by atoms with Crippen LogP contribution in [0.3, 0.4) is 0 Å². The van der Waals surface area contributed by atoms with Crippen LogP contribution in [-0.4, -0.2) is 22.5 Å². The smallest absolute Gasteiger partial charge is 0.0870 e. The van der Waals surface area contributed by atoms with Crippen molar-refractivity contribution in [2.24, 2.45) is 5.73 Å². The zero-order chi connectivity index (χ0) is 13.0. The Morgan fingerprint density at radius 2 is 2.06 bits per heavy atom. The third-order valence-corrected chi connectivity index (χ3v) is 4.97. The maximum atomic E-state index is 5.74. The van der Waals surface area contributed by atoms with Gasteiger partial charge in [0.15, 0.2) is 0 Å². The first-order valence-corrected chi connectivity index (χ1v) is 8.01. The van der Waals surface area contributed by atoms with Gasteiger partial charge in [0.25, 0.3) is 0 Å². The number of hydrogen-bond acceptors (Lipinski definition) is 3. The molecule has 0 spiro atoms. The van der Waals surface area contributed by atoms with Crippen LogP contribution in [0.25, 0.3) is 0 Å². The summed E-state index contributed by atoms with van der Waals surface area (Å²) in [7, 11) is 0. The van der Waals surface area contributed by atoms with E-state index in [-0.39, 0.29) is 0 Å². The molecule has 0 unspecified atom stereocenters. The summed E-state index contributed by atoms with van der Waals surface area (Å²) in [4.78, 5) is 6.00. The zero-order valence-electron chi connectivity index (χ0n) is 11.0. The number of hydrogen-bond donors (Lipinski definition) is 1. The van der Waals surface area contributed by atoms with Gasteiger partial charge in [-0.1, -0.05) is 32.0 Å². The van der Waals surface area contributed by atoms with Crippen LogP contribution in [-0.2, 0) is 13.0 Å². The third-order valence-electron chi connectivity index (χ3n) is 3.62. The fourth-order valence-electron chi connectivity index (χ4n) is 2.68. The number of nitrogens with zero attached hydrogens (tertiary/aromatic N) is 1. The van der Waals surface area contributed by atoms with Gasteiger partial charge in [0.2, 0.25) is 0 Å². The minimum absolute atomic E-state index is 0.620. The van der Waals surface area contributed by atoms with Crippen LogP contribution in [0.5, 0.6) is 0 Å². The highest BCUT2D eigenvalue weighted by Crippen LogP contribution is 2.26. The van der Waals surface area contributed by atoms with Gasteiger partial charge in [0.1, 0.15) is 0 Å². The molecule has 0 radical (unpaired) electrons. The van der Waals surface area contributed by atoms with E-state index in [1.165, 1.54) is 35.4 Å². The number of aryl methyl sites for hydroxylation is 1. The summed E-state index contributed by atoms with van der Waals surface area (Å²) >= 11 is 7.01. The second-order valence-electron chi connectivity index (χ2n) is 5.03. The van der Waals surface area contributed by atoms with Crippen LogP contribution in [0.1, 0.15) is 42.4 Å². The van der Waals surface area contributed by atoms with Crippen LogP contribution in [0.4, 0.5) is 0 Å². The van der Waals surface area contributed by atoms with Crippen molar-refractivity contribution in [2.75, 3.05) is 6.54 Å². The molecule has 1 saturated carbocycles. The van der Waals surface area contributed by atoms with Crippen LogP contribution in [0.2, 0.25) is 0 Å². The summed E-state index contributed by atoms with van der Waals surface area (Å²) in [5, 5.41) is 0. The van der Waals surface area contributed by atoms with E-state index in [0.29, 0.717) is 11.0 Å². The second kappa shape index (κ2) is 6.64. The monoisotopic (exact) mass is 282 g/mol. The molecule has 18 heavy (non-hydrogen) atoms. The molecule has 1 aromatic rings. The summed E-state index contributed by atoms with van der Waals surface area (Å²) < 4.78 is 0. The lowest BCUT2D eigenvalue weighted by Crippen LogP contribution is -2.38. The van der Waals surface area contributed by atoms with E-state index in [9.17, 15) is 0 Å². The largest absolute Gasteiger partial charge is 0.392 e. The van der Waals surface area contributed by atoms with Crippen molar-refractivity contribution in [2.45, 2.75) is 51.6 Å². The van der Waals surface area contributed by atoms with E-state index in [1.54, 1.807) is 0 Å². The molecular weight excluding hydrogens is 260 g/mol. The topological polar surface area (TPSA) is 29.3 Å². The minimum atomic E-state index is 0.620. The van der Waals surface area contributed by atoms with Crippen molar-refractivity contribution in [3.8, 4) is 0 Å². The van der Waals surface area contributed by atoms with E-state index >= 15 is 0 Å². The fraction of sp³-hybridized carbons (Fsp3) is 0.643. The van der Waals surface area contributed by atoms with Gasteiger partial charge in [-0.2, -0.15) is 0 Å². The highest BCUT2D eigenvalue weighted by atomic mass is 32.1. The Bertz CT molecular complexity index is 394. The molecule has 1 fully saturated rings. The minimum Gasteiger partial charge on any atom is -0.392 e. The molecule has 1 aromatic heterocycles. The van der Waals surface area contributed by atoms with Crippen LogP contribution in [0, 0.1) is 0 Å². The highest BCUT2D eigenvalue weighted by Gasteiger charge is 2.23. The lowest BCUT2D eigenvalue weighted by molar-refractivity contribution is 0.221. The Morgan fingerprint density at radius 1 is 1.39 bits per heavy atom. The first-order chi connectivity index (χ1) is 8.69. The van der Waals surface area contributed by atoms with Gasteiger partial charge < -0.3 is 5.73 Å². The summed E-state index contributed by atoms with van der Waals surface area (Å²) in [6.45, 7) is 3.98. The Labute approximate surface area is 119 Å². The molecular formula is C14H22N2S2. The number of thiophene rings is 1. The van der Waals surface area contributed by atoms with Crippen LogP contribution >= 0.6 is 23.6 Å². The van der Waals surface area contributed by atoms with Crippen LogP contribution < -0.4 is 5.73 Å². The second-order valence-corrected chi connectivity index (χ2v) is 6.81. The van der Waals surface area contributed by atoms with Gasteiger partial charge in [-0.15, -0.1) is 11.3 Å². The van der Waals surface area contributed by atoms with E-state index in [1.807, 2.05) is 11.3 Å². The molecule has 2 N–H and O–H groups in total. The Morgan fingerprint density at radius 3 is 2.61 bits per heavy atom. The fourth-order valence-corrected chi connectivity index (χ4v) is 3.83. The van der Waals surface area contributed by atoms with Gasteiger partial charge in [-0.3, -0.25) is 4.90 Å². The van der Waals surface area contributed by atoms with E-state index in [2.05, 4.69) is 24.0 Å². The third kappa shape index (κ3) is 3.77. The van der Waals surface area contributed by atoms with Gasteiger partial charge in [-0.25, -0.2) is 0 Å². The van der Waals surface area contributed by atoms with E-state index in [0.717, 1.165) is 19.5 Å². The van der Waals surface area contributed by atoms with Gasteiger partial charge in [0.05, 0.1) is 4.99 Å². The van der Waals surface area contributed by atoms with Crippen molar-refractivity contribution in [1.29, 1.82) is 0 Å². The molecule has 1 aliphatic rings. The van der Waals surface area contributed by atoms with Gasteiger partial charge in [0, 0.05) is 28.9 Å². The summed E-state index contributed by atoms with van der Waals surface area (Å²) in [6, 6.07) is 5.18. The van der Waals surface area contributed by atoms with E-state index in [4.69, 9.17) is 18.0 Å². The first-order valence-electron chi connectivity index (χ1n) is 6.79. The van der Waals surface area contributed by atoms with Gasteiger partial charge in [-0.05, 0) is 31.4 Å². The Balaban J connectivity index is 2.01. The molecule has 0 aromatic carbocycles. The Kier molecular flexibility index (Phi) is 5.15. The van der Waals surface area contributed by atoms with Crippen molar-refractivity contribution < 1.29 is 0 Å². The standard InChI is InChI=1S/C14H22N2S2/c1-2-12-7-8-13(18-12)9-16(10-14(15)17)11-5-3-4-6-11/h7-8,11H,2-6,9-10H2,1H3,(H2,15,17). The van der Waals surface area contributed by atoms with Crippen molar-refractivity contribution in [3.05, 3.63) is 21.9 Å². The average molecular weight is 282 g/mol. The normalized spacial score (nSPS) is 16.6. The first kappa shape index (κ1) is 14.0. The maximum Gasteiger partial charge on any atom is 0.0870 e. The molecule has 4 heteroatoms. The molecule has 2 nitrogen and oxygen atoms in total. The maximum absolute atomic E-state index is 5.74. The lowest BCUT2D eigenvalue weighted by Gasteiger charge is -2.27. The molecule has 0 saturated heterocycles. The van der Waals surface area contributed by atoms with Crippen molar-refractivity contribution in [3.63, 3.8) is 0 Å². The van der Waals surface area contributed by atoms with Crippen molar-refractivity contribution >= 4 is 28.5 Å². The highest BCUT2D eigenvalue weighted by molar-refractivity contribution is 7.80. The molecule has 0 bridgehead atoms. The molecule has 100 valence electrons. The SMILES string of the molecule is CCc1ccc(CN(CC(N)=S)C2CCCC2)s1. The van der Waals surface area contributed by atoms with Crippen molar-refractivity contribution in [1.82, 2.24) is 4.90 Å². The predicted molar refractivity (Wildman–Crippen MR) is 83.1 cm³/mol. The zero-order valence-corrected chi connectivity index (χ0v) is 12.7. The number of thiocarbonyl (C=S) groups is 1. The molecule has 1 aliphatic carbocycles. The van der Waals surface area contributed by atoms with Crippen LogP contribution in [0.15, 0.2) is 12.1 Å². The summed E-state index contributed by atoms with van der Waals surface area (Å²) in [6.07, 6.45) is 6.43. The molecule has 1 heterocycles. The van der Waals surface area contributed by atoms with E-state index < -0.39 is 0 Å². The lowest BCUT2D eigenvalue weighted by atomic mass is 10.2. The molecule has 0 amide bonds. The van der Waals surface area contributed by atoms with Gasteiger partial charge >= 0.3 is 0 Å². The summed E-state index contributed by atoms with van der Waals surface area (Å²) in [5.74, 6) is 0. The summed E-state index contributed by atoms with van der Waals surface area (Å²) in [5.41, 5.74) is 5.74. The number of nitrogens with two attached hydrogens (primary N) is 1.